The first-order valence-corrected chi connectivity index (χ1v) is 3.52. The van der Waals surface area contributed by atoms with Crippen molar-refractivity contribution in [3.05, 3.63) is 24.4 Å². The molecule has 1 aromatic rings. The van der Waals surface area contributed by atoms with Crippen molar-refractivity contribution in [2.24, 2.45) is 0 Å². The molecule has 0 aromatic carbocycles. The number of hydrogen-bond donors (Lipinski definition) is 1. The van der Waals surface area contributed by atoms with Gasteiger partial charge in [0.2, 0.25) is 0 Å². The first-order chi connectivity index (χ1) is 4.93. The van der Waals surface area contributed by atoms with Gasteiger partial charge >= 0.3 is 0 Å². The van der Waals surface area contributed by atoms with Gasteiger partial charge in [0.05, 0.1) is 0 Å². The molecule has 1 rings (SSSR count). The van der Waals surface area contributed by atoms with E-state index in [1.54, 1.807) is 6.20 Å². The second-order valence-electron chi connectivity index (χ2n) is 1.46. The van der Waals surface area contributed by atoms with E-state index in [1.807, 2.05) is 39.1 Å². The van der Waals surface area contributed by atoms with Crippen LogP contribution in [0.15, 0.2) is 24.4 Å². The third kappa shape index (κ3) is 5.40. The molecule has 0 unspecified atom stereocenters. The fourth-order valence-corrected chi connectivity index (χ4v) is 0.511. The first kappa shape index (κ1) is 12.6. The van der Waals surface area contributed by atoms with Crippen molar-refractivity contribution in [1.29, 1.82) is 0 Å². The number of nitrogens with one attached hydrogen (secondary N) is 1. The zero-order valence-electron chi connectivity index (χ0n) is 6.76. The summed E-state index contributed by atoms with van der Waals surface area (Å²) in [6.07, 6.45) is 1.76. The highest BCUT2D eigenvalue weighted by molar-refractivity contribution is 5.31. The minimum atomic E-state index is 0. The molecule has 2 nitrogen and oxygen atoms in total. The summed E-state index contributed by atoms with van der Waals surface area (Å²) in [5, 5.41) is 2.92. The van der Waals surface area contributed by atoms with Gasteiger partial charge in [0.15, 0.2) is 0 Å². The van der Waals surface area contributed by atoms with Gasteiger partial charge in [0, 0.05) is 13.2 Å². The Morgan fingerprint density at radius 3 is 2.18 bits per heavy atom. The lowest BCUT2D eigenvalue weighted by atomic mass is 10.5. The summed E-state index contributed by atoms with van der Waals surface area (Å²) in [4.78, 5) is 3.99. The fourth-order valence-electron chi connectivity index (χ4n) is 0.511. The van der Waals surface area contributed by atoms with Crippen molar-refractivity contribution < 1.29 is 0 Å². The second kappa shape index (κ2) is 8.95. The summed E-state index contributed by atoms with van der Waals surface area (Å²) in [6.45, 7) is 4.00. The molecule has 0 fully saturated rings. The highest BCUT2D eigenvalue weighted by Crippen LogP contribution is 1.95. The lowest BCUT2D eigenvalue weighted by molar-refractivity contribution is 1.29. The van der Waals surface area contributed by atoms with Gasteiger partial charge in [0.1, 0.15) is 5.82 Å². The lowest BCUT2D eigenvalue weighted by Crippen LogP contribution is -1.88. The van der Waals surface area contributed by atoms with Gasteiger partial charge in [0.25, 0.3) is 0 Å². The van der Waals surface area contributed by atoms with Crippen LogP contribution >= 0.6 is 0 Å². The Morgan fingerprint density at radius 1 is 1.27 bits per heavy atom. The molecule has 0 aliphatic heterocycles. The first-order valence-electron chi connectivity index (χ1n) is 3.52. The van der Waals surface area contributed by atoms with Crippen LogP contribution in [-0.4, -0.2) is 12.0 Å². The maximum absolute atomic E-state index is 3.99. The summed E-state index contributed by atoms with van der Waals surface area (Å²) in [7, 11) is 1.85. The van der Waals surface area contributed by atoms with Gasteiger partial charge < -0.3 is 5.32 Å². The number of aromatic nitrogens is 1. The topological polar surface area (TPSA) is 24.9 Å². The molecule has 1 aromatic heterocycles. The molecule has 0 aliphatic carbocycles. The Labute approximate surface area is 69.7 Å². The normalized spacial score (nSPS) is 6.82. The number of nitrogens with zero attached hydrogens (tertiary/aromatic N) is 1. The molecule has 0 atom stereocenters. The third-order valence-electron chi connectivity index (χ3n) is 0.921. The summed E-state index contributed by atoms with van der Waals surface area (Å²) < 4.78 is 0. The van der Waals surface area contributed by atoms with E-state index in [0.29, 0.717) is 0 Å². The molecule has 1 N–H and O–H groups in total. The Hall–Kier alpha value is -1.05. The van der Waals surface area contributed by atoms with E-state index in [0.717, 1.165) is 5.82 Å². The van der Waals surface area contributed by atoms with Crippen LogP contribution < -0.4 is 5.32 Å². The van der Waals surface area contributed by atoms with Crippen LogP contribution in [0.1, 0.15) is 21.3 Å². The smallest absolute Gasteiger partial charge is 0.125 e. The number of anilines is 1. The van der Waals surface area contributed by atoms with E-state index in [-0.39, 0.29) is 7.43 Å². The van der Waals surface area contributed by atoms with Crippen molar-refractivity contribution in [1.82, 2.24) is 4.98 Å². The summed E-state index contributed by atoms with van der Waals surface area (Å²) in [6, 6.07) is 5.75. The van der Waals surface area contributed by atoms with Gasteiger partial charge in [-0.1, -0.05) is 27.3 Å². The Kier molecular flexibility index (Phi) is 10.3. The summed E-state index contributed by atoms with van der Waals surface area (Å²) in [5.74, 6) is 0.910. The predicted molar refractivity (Wildman–Crippen MR) is 51.9 cm³/mol. The van der Waals surface area contributed by atoms with Crippen molar-refractivity contribution in [2.45, 2.75) is 21.3 Å². The number of pyridine rings is 1. The quantitative estimate of drug-likeness (QED) is 0.672. The van der Waals surface area contributed by atoms with Crippen LogP contribution in [0.2, 0.25) is 0 Å². The average Bonchev–Trinajstić information content (AvgIpc) is 2.10. The average molecular weight is 154 g/mol. The van der Waals surface area contributed by atoms with E-state index in [2.05, 4.69) is 10.3 Å². The van der Waals surface area contributed by atoms with Crippen LogP contribution in [0, 0.1) is 0 Å². The number of hydrogen-bond acceptors (Lipinski definition) is 2. The molecular formula is C9H18N2. The maximum Gasteiger partial charge on any atom is 0.125 e. The maximum atomic E-state index is 3.99. The van der Waals surface area contributed by atoms with E-state index >= 15 is 0 Å². The Balaban J connectivity index is 0. The van der Waals surface area contributed by atoms with Crippen molar-refractivity contribution in [3.8, 4) is 0 Å². The van der Waals surface area contributed by atoms with Crippen molar-refractivity contribution >= 4 is 5.82 Å². The molecule has 11 heavy (non-hydrogen) atoms. The van der Waals surface area contributed by atoms with E-state index in [9.17, 15) is 0 Å². The van der Waals surface area contributed by atoms with Crippen molar-refractivity contribution in [3.63, 3.8) is 0 Å². The molecule has 0 aliphatic rings. The minimum Gasteiger partial charge on any atom is -0.373 e. The van der Waals surface area contributed by atoms with Gasteiger partial charge in [-0.05, 0) is 12.1 Å². The summed E-state index contributed by atoms with van der Waals surface area (Å²) >= 11 is 0. The standard InChI is InChI=1S/C6H8N2.C2H6.CH4/c1-7-6-4-2-3-5-8-6;1-2;/h2-5H,1H3,(H,7,8);1-2H3;1H4. The van der Waals surface area contributed by atoms with Crippen LogP contribution in [0.25, 0.3) is 0 Å². The van der Waals surface area contributed by atoms with Crippen molar-refractivity contribution in [2.75, 3.05) is 12.4 Å². The molecule has 0 bridgehead atoms. The van der Waals surface area contributed by atoms with Crippen LogP contribution in [0.5, 0.6) is 0 Å². The third-order valence-corrected chi connectivity index (χ3v) is 0.921. The number of rotatable bonds is 1. The van der Waals surface area contributed by atoms with E-state index in [1.165, 1.54) is 0 Å². The molecule has 0 amide bonds. The van der Waals surface area contributed by atoms with Gasteiger partial charge in [-0.2, -0.15) is 0 Å². The van der Waals surface area contributed by atoms with Crippen LogP contribution in [-0.2, 0) is 0 Å². The van der Waals surface area contributed by atoms with Gasteiger partial charge in [-0.25, -0.2) is 4.98 Å². The van der Waals surface area contributed by atoms with Crippen LogP contribution in [0.4, 0.5) is 5.82 Å². The van der Waals surface area contributed by atoms with E-state index in [4.69, 9.17) is 0 Å². The Morgan fingerprint density at radius 2 is 1.91 bits per heavy atom. The zero-order chi connectivity index (χ0) is 7.82. The minimum absolute atomic E-state index is 0. The SMILES string of the molecule is C.CC.CNc1ccccn1. The van der Waals surface area contributed by atoms with E-state index < -0.39 is 0 Å². The molecule has 0 spiro atoms. The molecule has 0 saturated carbocycles. The largest absolute Gasteiger partial charge is 0.373 e. The lowest BCUT2D eigenvalue weighted by Gasteiger charge is -1.92. The molecule has 64 valence electrons. The Bertz CT molecular complexity index is 149. The van der Waals surface area contributed by atoms with Crippen LogP contribution in [0.3, 0.4) is 0 Å². The molecule has 2 heteroatoms. The van der Waals surface area contributed by atoms with Gasteiger partial charge in [-0.3, -0.25) is 0 Å². The fraction of sp³-hybridized carbons (Fsp3) is 0.444. The molecular weight excluding hydrogens is 136 g/mol. The second-order valence-corrected chi connectivity index (χ2v) is 1.46. The molecule has 1 heterocycles. The zero-order valence-corrected chi connectivity index (χ0v) is 6.76. The highest BCUT2D eigenvalue weighted by Gasteiger charge is 1.79. The highest BCUT2D eigenvalue weighted by atomic mass is 14.9. The monoisotopic (exact) mass is 154 g/mol. The summed E-state index contributed by atoms with van der Waals surface area (Å²) in [5.41, 5.74) is 0. The molecule has 0 radical (unpaired) electrons. The molecule has 0 saturated heterocycles. The predicted octanol–water partition coefficient (Wildman–Crippen LogP) is 2.79. The van der Waals surface area contributed by atoms with Gasteiger partial charge in [-0.15, -0.1) is 0 Å².